The monoisotopic (exact) mass is 700 g/mol. The third-order valence-electron chi connectivity index (χ3n) is 11.0. The van der Waals surface area contributed by atoms with Crippen LogP contribution < -0.4 is 10.6 Å². The Labute approximate surface area is 297 Å². The van der Waals surface area contributed by atoms with Gasteiger partial charge in [0.05, 0.1) is 31.7 Å². The minimum absolute atomic E-state index is 0.0106. The van der Waals surface area contributed by atoms with Gasteiger partial charge in [-0.2, -0.15) is 0 Å². The lowest BCUT2D eigenvalue weighted by Crippen LogP contribution is -2.61. The lowest BCUT2D eigenvalue weighted by molar-refractivity contribution is -0.252. The zero-order chi connectivity index (χ0) is 33.5. The number of ether oxygens (including phenoxy) is 2. The van der Waals surface area contributed by atoms with Crippen LogP contribution in [-0.2, 0) is 29.2 Å². The Balaban J connectivity index is 0.968. The molecule has 8 nitrogen and oxygen atoms in total. The highest BCUT2D eigenvalue weighted by Crippen LogP contribution is 2.55. The van der Waals surface area contributed by atoms with Gasteiger partial charge in [0.2, 0.25) is 0 Å². The van der Waals surface area contributed by atoms with Crippen molar-refractivity contribution in [3.63, 3.8) is 0 Å². The molecule has 10 heteroatoms. The average Bonchev–Trinajstić information content (AvgIpc) is 3.42. The maximum Gasteiger partial charge on any atom is 0.315 e. The van der Waals surface area contributed by atoms with Gasteiger partial charge in [-0.15, -0.1) is 0 Å². The number of halogens is 2. The van der Waals surface area contributed by atoms with E-state index >= 15 is 0 Å². The van der Waals surface area contributed by atoms with Crippen LogP contribution in [0.5, 0.6) is 0 Å². The molecular formula is C39H42Cl2N4O4. The van der Waals surface area contributed by atoms with E-state index in [-0.39, 0.29) is 35.5 Å². The van der Waals surface area contributed by atoms with Gasteiger partial charge in [-0.25, -0.2) is 9.78 Å². The highest BCUT2D eigenvalue weighted by molar-refractivity contribution is 6.40. The minimum Gasteiger partial charge on any atom is -0.392 e. The van der Waals surface area contributed by atoms with E-state index in [1.54, 1.807) is 10.9 Å². The zero-order valence-corrected chi connectivity index (χ0v) is 28.9. The molecule has 4 saturated carbocycles. The van der Waals surface area contributed by atoms with Crippen LogP contribution in [-0.4, -0.2) is 32.3 Å². The first-order valence-corrected chi connectivity index (χ1v) is 18.2. The molecule has 2 heterocycles. The molecule has 5 fully saturated rings. The maximum atomic E-state index is 13.1. The number of carbonyl (C=O) groups excluding carboxylic acids is 1. The highest BCUT2D eigenvalue weighted by Gasteiger charge is 2.51. The molecule has 4 aromatic rings. The maximum absolute atomic E-state index is 13.1. The van der Waals surface area contributed by atoms with E-state index in [2.05, 4.69) is 45.9 Å². The molecule has 4 bridgehead atoms. The lowest BCUT2D eigenvalue weighted by Gasteiger charge is -2.56. The Kier molecular flexibility index (Phi) is 9.18. The van der Waals surface area contributed by atoms with Gasteiger partial charge in [0.1, 0.15) is 5.15 Å². The number of amides is 2. The van der Waals surface area contributed by atoms with Gasteiger partial charge in [0.25, 0.3) is 0 Å². The molecule has 2 amide bonds. The largest absolute Gasteiger partial charge is 0.392 e. The fraction of sp³-hybridized carbons (Fsp3) is 0.436. The van der Waals surface area contributed by atoms with Crippen LogP contribution in [0.3, 0.4) is 0 Å². The summed E-state index contributed by atoms with van der Waals surface area (Å²) in [4.78, 5) is 17.3. The number of aromatic nitrogens is 2. The van der Waals surface area contributed by atoms with E-state index in [0.29, 0.717) is 24.7 Å². The molecule has 3 unspecified atom stereocenters. The standard InChI is InChI=1S/C39H42Cl2N4O4/c40-35-36(41)45(23-43-35)21-33-16-34(29-9-7-24(22-46)8-10-29)49-37(48-33)32-6-2-5-31(15-32)30-4-1-3-25(14-30)20-42-38(47)44-39-17-26-11-27(18-39)13-28(12-26)19-39/h1-10,14-15,23,26-28,33-34,37,46H,11-13,16-22H2,(H2,42,44,47). The third-order valence-corrected chi connectivity index (χ3v) is 11.8. The Morgan fingerprint density at radius 3 is 2.22 bits per heavy atom. The first kappa shape index (κ1) is 32.8. The van der Waals surface area contributed by atoms with Crippen molar-refractivity contribution in [1.82, 2.24) is 20.2 Å². The molecule has 9 rings (SSSR count). The number of rotatable bonds is 9. The van der Waals surface area contributed by atoms with Crippen LogP contribution in [0.15, 0.2) is 79.1 Å². The molecule has 1 aromatic heterocycles. The molecule has 256 valence electrons. The Morgan fingerprint density at radius 2 is 1.55 bits per heavy atom. The van der Waals surface area contributed by atoms with Gasteiger partial charge in [0.15, 0.2) is 11.4 Å². The van der Waals surface area contributed by atoms with Crippen molar-refractivity contribution in [2.24, 2.45) is 17.8 Å². The summed E-state index contributed by atoms with van der Waals surface area (Å²) in [6.45, 7) is 0.911. The van der Waals surface area contributed by atoms with Gasteiger partial charge in [0, 0.05) is 24.1 Å². The van der Waals surface area contributed by atoms with Crippen molar-refractivity contribution >= 4 is 29.2 Å². The van der Waals surface area contributed by atoms with E-state index in [4.69, 9.17) is 32.7 Å². The van der Waals surface area contributed by atoms with Crippen molar-refractivity contribution < 1.29 is 19.4 Å². The van der Waals surface area contributed by atoms with Gasteiger partial charge in [-0.3, -0.25) is 0 Å². The van der Waals surface area contributed by atoms with E-state index in [9.17, 15) is 9.90 Å². The minimum atomic E-state index is -0.628. The Bertz CT molecular complexity index is 1780. The predicted molar refractivity (Wildman–Crippen MR) is 189 cm³/mol. The molecule has 0 radical (unpaired) electrons. The number of imidazole rings is 1. The fourth-order valence-corrected chi connectivity index (χ4v) is 9.49. The van der Waals surface area contributed by atoms with E-state index < -0.39 is 6.29 Å². The number of nitrogens with zero attached hydrogens (tertiary/aromatic N) is 2. The average molecular weight is 702 g/mol. The highest BCUT2D eigenvalue weighted by atomic mass is 35.5. The summed E-state index contributed by atoms with van der Waals surface area (Å²) in [5.41, 5.74) is 5.85. The van der Waals surface area contributed by atoms with Crippen LogP contribution in [0.4, 0.5) is 4.79 Å². The van der Waals surface area contributed by atoms with Crippen molar-refractivity contribution in [2.75, 3.05) is 0 Å². The molecule has 3 atom stereocenters. The molecule has 49 heavy (non-hydrogen) atoms. The van der Waals surface area contributed by atoms with Crippen LogP contribution in [0, 0.1) is 17.8 Å². The molecule has 5 aliphatic rings. The summed E-state index contributed by atoms with van der Waals surface area (Å²) >= 11 is 12.5. The second-order valence-electron chi connectivity index (χ2n) is 14.7. The second-order valence-corrected chi connectivity index (χ2v) is 15.4. The van der Waals surface area contributed by atoms with Crippen LogP contribution in [0.2, 0.25) is 10.3 Å². The number of benzene rings is 3. The molecule has 0 spiro atoms. The molecule has 1 saturated heterocycles. The van der Waals surface area contributed by atoms with Crippen molar-refractivity contribution in [3.05, 3.63) is 112 Å². The summed E-state index contributed by atoms with van der Waals surface area (Å²) in [6.07, 6.45) is 8.59. The van der Waals surface area contributed by atoms with E-state index in [1.165, 1.54) is 19.3 Å². The number of hydrogen-bond donors (Lipinski definition) is 3. The summed E-state index contributed by atoms with van der Waals surface area (Å²) < 4.78 is 14.9. The summed E-state index contributed by atoms with van der Waals surface area (Å²) in [5.74, 6) is 2.36. The quantitative estimate of drug-likeness (QED) is 0.163. The van der Waals surface area contributed by atoms with Crippen LogP contribution in [0.25, 0.3) is 11.1 Å². The Hall–Kier alpha value is -3.40. The van der Waals surface area contributed by atoms with Crippen molar-refractivity contribution in [1.29, 1.82) is 0 Å². The zero-order valence-electron chi connectivity index (χ0n) is 27.4. The molecular weight excluding hydrogens is 659 g/mol. The molecule has 3 aromatic carbocycles. The van der Waals surface area contributed by atoms with Crippen LogP contribution in [0.1, 0.15) is 79.6 Å². The number of aliphatic hydroxyl groups is 1. The number of nitrogens with one attached hydrogen (secondary N) is 2. The van der Waals surface area contributed by atoms with E-state index in [1.807, 2.05) is 42.5 Å². The van der Waals surface area contributed by atoms with Crippen molar-refractivity contribution in [2.45, 2.75) is 88.7 Å². The summed E-state index contributed by atoms with van der Waals surface area (Å²) in [6, 6.07) is 24.3. The normalized spacial score (nSPS) is 28.8. The van der Waals surface area contributed by atoms with E-state index in [0.717, 1.165) is 70.4 Å². The smallest absolute Gasteiger partial charge is 0.315 e. The fourth-order valence-electron chi connectivity index (χ4n) is 9.18. The molecule has 4 aliphatic carbocycles. The van der Waals surface area contributed by atoms with Crippen molar-refractivity contribution in [3.8, 4) is 11.1 Å². The predicted octanol–water partition coefficient (Wildman–Crippen LogP) is 8.36. The van der Waals surface area contributed by atoms with Crippen LogP contribution >= 0.6 is 23.2 Å². The lowest BCUT2D eigenvalue weighted by atomic mass is 9.53. The SMILES string of the molecule is O=C(NCc1cccc(-c2cccc(C3OC(Cn4cnc(Cl)c4Cl)CC(c4ccc(CO)cc4)O3)c2)c1)NC12CC3CC(CC(C3)C1)C2. The number of aliphatic hydroxyl groups excluding tert-OH is 1. The first-order valence-electron chi connectivity index (χ1n) is 17.4. The van der Waals surface area contributed by atoms with Gasteiger partial charge < -0.3 is 29.8 Å². The topological polar surface area (TPSA) is 97.6 Å². The van der Waals surface area contributed by atoms with Gasteiger partial charge >= 0.3 is 6.03 Å². The first-order chi connectivity index (χ1) is 23.8. The number of carbonyl (C=O) groups is 1. The summed E-state index contributed by atoms with van der Waals surface area (Å²) in [5, 5.41) is 16.7. The number of urea groups is 1. The molecule has 3 N–H and O–H groups in total. The number of hydrogen-bond acceptors (Lipinski definition) is 5. The second kappa shape index (κ2) is 13.7. The van der Waals surface area contributed by atoms with Gasteiger partial charge in [-0.05, 0) is 96.2 Å². The molecule has 1 aliphatic heterocycles. The van der Waals surface area contributed by atoms with Gasteiger partial charge in [-0.1, -0.05) is 83.9 Å². The third kappa shape index (κ3) is 7.12. The Morgan fingerprint density at radius 1 is 0.857 bits per heavy atom. The summed E-state index contributed by atoms with van der Waals surface area (Å²) in [7, 11) is 0.